The second-order valence-electron chi connectivity index (χ2n) is 1.37. The first-order valence-electron chi connectivity index (χ1n) is 2.25. The summed E-state index contributed by atoms with van der Waals surface area (Å²) in [5.74, 6) is 0. The van der Waals surface area contributed by atoms with E-state index in [0.29, 0.717) is 0 Å². The zero-order chi connectivity index (χ0) is 7.44. The van der Waals surface area contributed by atoms with Crippen LogP contribution in [-0.4, -0.2) is 46.7 Å². The number of halogens is 2. The molecule has 0 bridgehead atoms. The topological polar surface area (TPSA) is 0 Å². The maximum absolute atomic E-state index is 5.54. The Morgan fingerprint density at radius 3 is 1.89 bits per heavy atom. The van der Waals surface area contributed by atoms with Gasteiger partial charge in [0.05, 0.1) is 0 Å². The van der Waals surface area contributed by atoms with Gasteiger partial charge in [-0.15, -0.1) is 0 Å². The molecule has 0 aromatic carbocycles. The van der Waals surface area contributed by atoms with Gasteiger partial charge >= 0.3 is 80.7 Å². The van der Waals surface area contributed by atoms with Crippen molar-refractivity contribution in [3.63, 3.8) is 0 Å². The molecular formula is B7I2. The van der Waals surface area contributed by atoms with Crippen LogP contribution in [0.1, 0.15) is 0 Å². The molecule has 0 aromatic heterocycles. The van der Waals surface area contributed by atoms with Crippen LogP contribution in [0.2, 0.25) is 0 Å². The van der Waals surface area contributed by atoms with E-state index in [2.05, 4.69) is 18.6 Å². The van der Waals surface area contributed by atoms with Crippen molar-refractivity contribution >= 4 is 80.7 Å². The molecule has 0 aliphatic carbocycles. The second-order valence-corrected chi connectivity index (χ2v) is 12.2. The molecule has 35 valence electrons. The van der Waals surface area contributed by atoms with Gasteiger partial charge in [-0.05, 0) is 0 Å². The molecule has 0 saturated carbocycles. The summed E-state index contributed by atoms with van der Waals surface area (Å²) in [5.41, 5.74) is 0. The zero-order valence-electron chi connectivity index (χ0n) is 4.80. The third kappa shape index (κ3) is 4.37. The van der Waals surface area contributed by atoms with Gasteiger partial charge in [-0.3, -0.25) is 0 Å². The SMILES string of the molecule is [B][B]B([B])I(I)B([B])[B]. The molecule has 0 rings (SSSR count). The predicted octanol–water partition coefficient (Wildman–Crippen LogP) is -0.894. The van der Waals surface area contributed by atoms with E-state index in [4.69, 9.17) is 30.9 Å². The average molecular weight is 329 g/mol. The molecule has 0 aliphatic heterocycles. The Labute approximate surface area is 79.8 Å². The monoisotopic (exact) mass is 331 g/mol. The first-order chi connectivity index (χ1) is 4.09. The molecule has 0 spiro atoms. The van der Waals surface area contributed by atoms with Crippen LogP contribution in [-0.2, 0) is 0 Å². The van der Waals surface area contributed by atoms with Crippen LogP contribution < -0.4 is 0 Å². The second kappa shape index (κ2) is 5.55. The Balaban J connectivity index is 3.58. The van der Waals surface area contributed by atoms with Gasteiger partial charge in [-0.1, -0.05) is 0 Å². The van der Waals surface area contributed by atoms with Crippen LogP contribution in [0.15, 0.2) is 0 Å². The first-order valence-corrected chi connectivity index (χ1v) is 11.0. The number of hydrogen-bond acceptors (Lipinski definition) is 0. The Morgan fingerprint density at radius 2 is 1.78 bits per heavy atom. The van der Waals surface area contributed by atoms with Crippen molar-refractivity contribution in [2.24, 2.45) is 0 Å². The van der Waals surface area contributed by atoms with Crippen LogP contribution in [0, 0.1) is 0 Å². The van der Waals surface area contributed by atoms with Crippen molar-refractivity contribution < 1.29 is 0 Å². The van der Waals surface area contributed by atoms with Gasteiger partial charge in [-0.25, -0.2) is 0 Å². The van der Waals surface area contributed by atoms with Crippen LogP contribution in [0.3, 0.4) is 0 Å². The molecular weight excluding hydrogens is 329 g/mol. The van der Waals surface area contributed by atoms with Gasteiger partial charge in [0.2, 0.25) is 0 Å². The zero-order valence-corrected chi connectivity index (χ0v) is 9.11. The Kier molecular flexibility index (Phi) is 6.73. The summed E-state index contributed by atoms with van der Waals surface area (Å²) in [6.07, 6.45) is 0. The predicted molar refractivity (Wildman–Crippen MR) is 68.3 cm³/mol. The Morgan fingerprint density at radius 1 is 1.33 bits per heavy atom. The van der Waals surface area contributed by atoms with Gasteiger partial charge in [0.15, 0.2) is 0 Å². The molecule has 0 aromatic rings. The van der Waals surface area contributed by atoms with Crippen molar-refractivity contribution in [2.75, 3.05) is 0 Å². The molecule has 0 nitrogen and oxygen atoms in total. The summed E-state index contributed by atoms with van der Waals surface area (Å²) in [6.45, 7) is 0. The van der Waals surface area contributed by atoms with E-state index in [9.17, 15) is 0 Å². The summed E-state index contributed by atoms with van der Waals surface area (Å²) >= 11 is 0.821. The molecule has 0 N–H and O–H groups in total. The van der Waals surface area contributed by atoms with Gasteiger partial charge in [0.25, 0.3) is 0 Å². The maximum atomic E-state index is 5.54. The van der Waals surface area contributed by atoms with E-state index in [1.165, 1.54) is 7.06 Å². The third-order valence-corrected chi connectivity index (χ3v) is 11.1. The molecule has 0 amide bonds. The van der Waals surface area contributed by atoms with Crippen molar-refractivity contribution in [3.8, 4) is 0 Å². The number of rotatable bonds is 3. The van der Waals surface area contributed by atoms with Crippen molar-refractivity contribution in [1.82, 2.24) is 0 Å². The van der Waals surface area contributed by atoms with Crippen molar-refractivity contribution in [2.45, 2.75) is 0 Å². The van der Waals surface area contributed by atoms with Gasteiger partial charge in [0.1, 0.15) is 0 Å². The molecule has 9 heavy (non-hydrogen) atoms. The molecule has 9 heteroatoms. The molecule has 0 unspecified atom stereocenters. The average Bonchev–Trinajstić information content (AvgIpc) is 1.84. The Bertz CT molecular complexity index is 71.3. The van der Waals surface area contributed by atoms with E-state index < -0.39 is 15.4 Å². The summed E-state index contributed by atoms with van der Waals surface area (Å²) in [5, 5.41) is 0. The molecule has 0 fully saturated rings. The third-order valence-electron chi connectivity index (χ3n) is 0.665. The van der Waals surface area contributed by atoms with E-state index in [-0.39, 0.29) is 8.70 Å². The normalized spacial score (nSPS) is 10.1. The summed E-state index contributed by atoms with van der Waals surface area (Å²) in [7, 11) is 23.0. The molecule has 0 atom stereocenters. The standard InChI is InChI=1S/B7I2/c1-5-7(4)9(8)6(2)3. The van der Waals surface area contributed by atoms with Crippen molar-refractivity contribution in [3.05, 3.63) is 0 Å². The quantitative estimate of drug-likeness (QED) is 0.465. The van der Waals surface area contributed by atoms with Crippen LogP contribution in [0.25, 0.3) is 0 Å². The van der Waals surface area contributed by atoms with E-state index in [1.807, 2.05) is 0 Å². The molecule has 9 radical (unpaired) electrons. The van der Waals surface area contributed by atoms with E-state index >= 15 is 0 Å². The summed E-state index contributed by atoms with van der Waals surface area (Å²) in [4.78, 5) is 0. The minimum absolute atomic E-state index is 0.0604. The summed E-state index contributed by atoms with van der Waals surface area (Å²) < 4.78 is -0.306. The first kappa shape index (κ1) is 10.9. The van der Waals surface area contributed by atoms with Crippen molar-refractivity contribution in [1.29, 1.82) is 0 Å². The number of hydrogen-bond donors (Lipinski definition) is 0. The Hall–Kier alpha value is 1.91. The minimum atomic E-state index is -1.41. The van der Waals surface area contributed by atoms with Crippen LogP contribution >= 0.6 is 34.0 Å². The van der Waals surface area contributed by atoms with Gasteiger partial charge < -0.3 is 0 Å². The van der Waals surface area contributed by atoms with E-state index in [0.717, 1.165) is 0 Å². The van der Waals surface area contributed by atoms with Gasteiger partial charge in [-0.2, -0.15) is 0 Å². The fraction of sp³-hybridized carbons (Fsp3) is 0. The van der Waals surface area contributed by atoms with Crippen LogP contribution in [0.5, 0.6) is 0 Å². The molecule has 0 heterocycles. The fourth-order valence-electron chi connectivity index (χ4n) is 0.237. The molecule has 0 saturated heterocycles. The van der Waals surface area contributed by atoms with Gasteiger partial charge in [0, 0.05) is 0 Å². The van der Waals surface area contributed by atoms with Crippen LogP contribution in [0.4, 0.5) is 0 Å². The summed E-state index contributed by atoms with van der Waals surface area (Å²) in [6, 6.07) is 0. The fourth-order valence-corrected chi connectivity index (χ4v) is 2.65. The van der Waals surface area contributed by atoms with E-state index in [1.54, 1.807) is 0 Å². The molecule has 0 aliphatic rings.